The first-order valence-electron chi connectivity index (χ1n) is 10.2. The summed E-state index contributed by atoms with van der Waals surface area (Å²) in [4.78, 5) is 31.0. The van der Waals surface area contributed by atoms with Crippen LogP contribution in [0.5, 0.6) is 0 Å². The molecular formula is C21H28N6O. The molecule has 2 aliphatic rings. The number of nitrogens with zero attached hydrogens (tertiary/aromatic N) is 5. The van der Waals surface area contributed by atoms with E-state index in [0.29, 0.717) is 19.5 Å². The summed E-state index contributed by atoms with van der Waals surface area (Å²) in [7, 11) is 0. The van der Waals surface area contributed by atoms with Gasteiger partial charge in [-0.1, -0.05) is 6.07 Å². The number of hydrogen-bond acceptors (Lipinski definition) is 6. The molecule has 28 heavy (non-hydrogen) atoms. The Kier molecular flexibility index (Phi) is 5.41. The maximum absolute atomic E-state index is 12.8. The summed E-state index contributed by atoms with van der Waals surface area (Å²) in [6.07, 6.45) is 5.22. The third kappa shape index (κ3) is 4.08. The lowest BCUT2D eigenvalue weighted by atomic mass is 10.0. The summed E-state index contributed by atoms with van der Waals surface area (Å²) in [5.41, 5.74) is 2.93. The van der Waals surface area contributed by atoms with Gasteiger partial charge in [-0.25, -0.2) is 4.98 Å². The van der Waals surface area contributed by atoms with Crippen molar-refractivity contribution in [2.24, 2.45) is 0 Å². The second kappa shape index (κ2) is 8.12. The molecule has 7 heteroatoms. The molecule has 2 aliphatic heterocycles. The summed E-state index contributed by atoms with van der Waals surface area (Å²) < 4.78 is 0. The van der Waals surface area contributed by atoms with Crippen molar-refractivity contribution in [3.63, 3.8) is 0 Å². The minimum Gasteiger partial charge on any atom is -0.367 e. The minimum absolute atomic E-state index is 0.100. The SMILES string of the molecule is CC(C)Nc1nc(N2CCCC2)nc2c1CN(C(=O)Cc1ccccn1)CC2. The van der Waals surface area contributed by atoms with Crippen LogP contribution in [0.1, 0.15) is 43.6 Å². The number of amides is 1. The van der Waals surface area contributed by atoms with E-state index in [1.807, 2.05) is 23.1 Å². The second-order valence-corrected chi connectivity index (χ2v) is 7.85. The van der Waals surface area contributed by atoms with E-state index in [4.69, 9.17) is 9.97 Å². The normalized spacial score (nSPS) is 16.4. The number of carbonyl (C=O) groups excluding carboxylic acids is 1. The molecular weight excluding hydrogens is 352 g/mol. The van der Waals surface area contributed by atoms with E-state index in [9.17, 15) is 4.79 Å². The van der Waals surface area contributed by atoms with Gasteiger partial charge >= 0.3 is 0 Å². The van der Waals surface area contributed by atoms with Crippen molar-refractivity contribution in [2.75, 3.05) is 29.9 Å². The Morgan fingerprint density at radius 2 is 2.00 bits per heavy atom. The summed E-state index contributed by atoms with van der Waals surface area (Å²) in [5, 5.41) is 3.48. The lowest BCUT2D eigenvalue weighted by molar-refractivity contribution is -0.131. The number of carbonyl (C=O) groups is 1. The highest BCUT2D eigenvalue weighted by Crippen LogP contribution is 2.28. The van der Waals surface area contributed by atoms with Gasteiger partial charge in [-0.15, -0.1) is 0 Å². The van der Waals surface area contributed by atoms with E-state index in [0.717, 1.165) is 48.2 Å². The molecule has 1 saturated heterocycles. The van der Waals surface area contributed by atoms with Gasteiger partial charge in [-0.05, 0) is 38.8 Å². The standard InChI is InChI=1S/C21H28N6O/c1-15(2)23-20-17-14-27(19(28)13-16-7-3-4-9-22-16)12-8-18(17)24-21(25-20)26-10-5-6-11-26/h3-4,7,9,15H,5-6,8,10-14H2,1-2H3,(H,23,24,25). The molecule has 1 amide bonds. The zero-order valence-corrected chi connectivity index (χ0v) is 16.7. The molecule has 4 heterocycles. The van der Waals surface area contributed by atoms with Crippen LogP contribution in [0.25, 0.3) is 0 Å². The van der Waals surface area contributed by atoms with Crippen molar-refractivity contribution in [2.45, 2.75) is 52.1 Å². The first-order valence-corrected chi connectivity index (χ1v) is 10.2. The third-order valence-corrected chi connectivity index (χ3v) is 5.27. The fourth-order valence-electron chi connectivity index (χ4n) is 3.83. The van der Waals surface area contributed by atoms with Crippen molar-refractivity contribution < 1.29 is 4.79 Å². The molecule has 7 nitrogen and oxygen atoms in total. The Hall–Kier alpha value is -2.70. The number of aromatic nitrogens is 3. The Labute approximate surface area is 166 Å². The van der Waals surface area contributed by atoms with Crippen molar-refractivity contribution in [3.05, 3.63) is 41.3 Å². The predicted molar refractivity (Wildman–Crippen MR) is 109 cm³/mol. The fraction of sp³-hybridized carbons (Fsp3) is 0.524. The third-order valence-electron chi connectivity index (χ3n) is 5.27. The lowest BCUT2D eigenvalue weighted by Crippen LogP contribution is -2.38. The molecule has 148 valence electrons. The zero-order chi connectivity index (χ0) is 19.5. The van der Waals surface area contributed by atoms with E-state index in [2.05, 4.69) is 29.0 Å². The monoisotopic (exact) mass is 380 g/mol. The number of nitrogens with one attached hydrogen (secondary N) is 1. The van der Waals surface area contributed by atoms with Gasteiger partial charge < -0.3 is 15.1 Å². The smallest absolute Gasteiger partial charge is 0.228 e. The molecule has 2 aromatic heterocycles. The molecule has 2 aromatic rings. The van der Waals surface area contributed by atoms with Crippen molar-refractivity contribution in [1.29, 1.82) is 0 Å². The Morgan fingerprint density at radius 3 is 2.71 bits per heavy atom. The summed E-state index contributed by atoms with van der Waals surface area (Å²) in [6, 6.07) is 5.95. The van der Waals surface area contributed by atoms with E-state index < -0.39 is 0 Å². The molecule has 4 rings (SSSR count). The number of rotatable bonds is 5. The molecule has 0 radical (unpaired) electrons. The van der Waals surface area contributed by atoms with E-state index in [1.54, 1.807) is 6.20 Å². The van der Waals surface area contributed by atoms with Crippen LogP contribution in [0.15, 0.2) is 24.4 Å². The van der Waals surface area contributed by atoms with Crippen molar-refractivity contribution >= 4 is 17.7 Å². The van der Waals surface area contributed by atoms with Crippen LogP contribution in [0.3, 0.4) is 0 Å². The molecule has 0 saturated carbocycles. The molecule has 0 aromatic carbocycles. The van der Waals surface area contributed by atoms with Crippen LogP contribution in [-0.4, -0.2) is 51.4 Å². The van der Waals surface area contributed by atoms with Crippen molar-refractivity contribution in [3.8, 4) is 0 Å². The average molecular weight is 380 g/mol. The second-order valence-electron chi connectivity index (χ2n) is 7.85. The van der Waals surface area contributed by atoms with Crippen LogP contribution < -0.4 is 10.2 Å². The van der Waals surface area contributed by atoms with E-state index >= 15 is 0 Å². The van der Waals surface area contributed by atoms with E-state index in [-0.39, 0.29) is 11.9 Å². The first-order chi connectivity index (χ1) is 13.6. The summed E-state index contributed by atoms with van der Waals surface area (Å²) >= 11 is 0. The highest BCUT2D eigenvalue weighted by atomic mass is 16.2. The van der Waals surface area contributed by atoms with E-state index in [1.165, 1.54) is 12.8 Å². The highest BCUT2D eigenvalue weighted by molar-refractivity contribution is 5.79. The van der Waals surface area contributed by atoms with Gasteiger partial charge in [0.15, 0.2) is 0 Å². The van der Waals surface area contributed by atoms with Gasteiger partial charge in [-0.2, -0.15) is 4.98 Å². The average Bonchev–Trinajstić information content (AvgIpc) is 3.23. The van der Waals surface area contributed by atoms with Gasteiger partial charge in [0.2, 0.25) is 11.9 Å². The van der Waals surface area contributed by atoms with Gasteiger partial charge in [0, 0.05) is 49.6 Å². The molecule has 1 N–H and O–H groups in total. The Morgan fingerprint density at radius 1 is 1.18 bits per heavy atom. The van der Waals surface area contributed by atoms with Gasteiger partial charge in [-0.3, -0.25) is 9.78 Å². The fourth-order valence-corrected chi connectivity index (χ4v) is 3.83. The predicted octanol–water partition coefficient (Wildman–Crippen LogP) is 2.42. The largest absolute Gasteiger partial charge is 0.367 e. The topological polar surface area (TPSA) is 74.2 Å². The Balaban J connectivity index is 1.56. The zero-order valence-electron chi connectivity index (χ0n) is 16.7. The highest BCUT2D eigenvalue weighted by Gasteiger charge is 2.27. The maximum Gasteiger partial charge on any atom is 0.228 e. The molecule has 0 spiro atoms. The molecule has 0 atom stereocenters. The summed E-state index contributed by atoms with van der Waals surface area (Å²) in [6.45, 7) is 7.50. The number of anilines is 2. The Bertz CT molecular complexity index is 832. The summed E-state index contributed by atoms with van der Waals surface area (Å²) in [5.74, 6) is 1.80. The number of fused-ring (bicyclic) bond motifs is 1. The maximum atomic E-state index is 12.8. The lowest BCUT2D eigenvalue weighted by Gasteiger charge is -2.31. The molecule has 1 fully saturated rings. The quantitative estimate of drug-likeness (QED) is 0.859. The first kappa shape index (κ1) is 18.7. The van der Waals surface area contributed by atoms with Crippen LogP contribution in [0.2, 0.25) is 0 Å². The molecule has 0 aliphatic carbocycles. The van der Waals surface area contributed by atoms with Gasteiger partial charge in [0.25, 0.3) is 0 Å². The van der Waals surface area contributed by atoms with Crippen LogP contribution in [0.4, 0.5) is 11.8 Å². The number of pyridine rings is 1. The van der Waals surface area contributed by atoms with Gasteiger partial charge in [0.1, 0.15) is 5.82 Å². The van der Waals surface area contributed by atoms with Crippen LogP contribution >= 0.6 is 0 Å². The van der Waals surface area contributed by atoms with Gasteiger partial charge in [0.05, 0.1) is 18.7 Å². The minimum atomic E-state index is 0.100. The van der Waals surface area contributed by atoms with Crippen molar-refractivity contribution in [1.82, 2.24) is 19.9 Å². The number of hydrogen-bond donors (Lipinski definition) is 1. The van der Waals surface area contributed by atoms with Crippen LogP contribution in [-0.2, 0) is 24.2 Å². The molecule has 0 unspecified atom stereocenters. The molecule has 0 bridgehead atoms. The van der Waals surface area contributed by atoms with Crippen LogP contribution in [0, 0.1) is 0 Å².